The minimum absolute atomic E-state index is 0.469. The zero-order valence-electron chi connectivity index (χ0n) is 15.6. The van der Waals surface area contributed by atoms with E-state index in [2.05, 4.69) is 11.0 Å². The van der Waals surface area contributed by atoms with Gasteiger partial charge in [-0.2, -0.15) is 18.4 Å². The van der Waals surface area contributed by atoms with Crippen molar-refractivity contribution in [1.82, 2.24) is 4.90 Å². The summed E-state index contributed by atoms with van der Waals surface area (Å²) in [5.74, 6) is 0.469. The molecule has 6 heteroatoms. The van der Waals surface area contributed by atoms with Crippen LogP contribution in [0.4, 0.5) is 13.2 Å². The van der Waals surface area contributed by atoms with Gasteiger partial charge in [-0.1, -0.05) is 30.3 Å². The lowest BCUT2D eigenvalue weighted by Gasteiger charge is -2.32. The summed E-state index contributed by atoms with van der Waals surface area (Å²) < 4.78 is 44.3. The van der Waals surface area contributed by atoms with E-state index in [9.17, 15) is 13.2 Å². The van der Waals surface area contributed by atoms with Gasteiger partial charge in [0.2, 0.25) is 0 Å². The lowest BCUT2D eigenvalue weighted by Crippen LogP contribution is -2.34. The fourth-order valence-corrected chi connectivity index (χ4v) is 3.43. The Morgan fingerprint density at radius 1 is 1.04 bits per heavy atom. The molecule has 2 aromatic rings. The molecule has 0 radical (unpaired) electrons. The average molecular weight is 388 g/mol. The molecule has 0 N–H and O–H groups in total. The second-order valence-electron chi connectivity index (χ2n) is 7.24. The molecule has 1 fully saturated rings. The maximum absolute atomic E-state index is 12.8. The van der Waals surface area contributed by atoms with Crippen molar-refractivity contribution in [3.63, 3.8) is 0 Å². The summed E-state index contributed by atoms with van der Waals surface area (Å²) in [6.45, 7) is 3.47. The molecule has 3 rings (SSSR count). The van der Waals surface area contributed by atoms with Crippen molar-refractivity contribution in [2.75, 3.05) is 19.7 Å². The first-order chi connectivity index (χ1) is 13.4. The highest BCUT2D eigenvalue weighted by Gasteiger charge is 2.30. The van der Waals surface area contributed by atoms with E-state index in [-0.39, 0.29) is 0 Å². The second kappa shape index (κ2) is 9.22. The first kappa shape index (κ1) is 20.4. The van der Waals surface area contributed by atoms with E-state index < -0.39 is 11.7 Å². The Hall–Kier alpha value is -2.36. The molecule has 0 unspecified atom stereocenters. The number of likely N-dealkylation sites (tertiary alicyclic amines) is 1. The lowest BCUT2D eigenvalue weighted by atomic mass is 9.97. The van der Waals surface area contributed by atoms with Gasteiger partial charge in [0.25, 0.3) is 0 Å². The normalized spacial score (nSPS) is 16.1. The van der Waals surface area contributed by atoms with Crippen molar-refractivity contribution in [3.8, 4) is 6.07 Å². The Morgan fingerprint density at radius 3 is 2.39 bits per heavy atom. The topological polar surface area (TPSA) is 36.3 Å². The molecule has 1 aliphatic heterocycles. The maximum Gasteiger partial charge on any atom is 0.416 e. The van der Waals surface area contributed by atoms with Crippen LogP contribution in [0.5, 0.6) is 0 Å². The van der Waals surface area contributed by atoms with Crippen LogP contribution in [0.15, 0.2) is 48.5 Å². The summed E-state index contributed by atoms with van der Waals surface area (Å²) in [6, 6.07) is 15.0. The molecule has 2 aromatic carbocycles. The van der Waals surface area contributed by atoms with Gasteiger partial charge in [0.15, 0.2) is 0 Å². The van der Waals surface area contributed by atoms with Gasteiger partial charge in [0.05, 0.1) is 23.8 Å². The van der Waals surface area contributed by atoms with Crippen molar-refractivity contribution in [3.05, 3.63) is 70.8 Å². The number of halogens is 3. The molecule has 1 heterocycles. The molecule has 1 aliphatic rings. The van der Waals surface area contributed by atoms with Gasteiger partial charge in [-0.3, -0.25) is 4.90 Å². The first-order valence-corrected chi connectivity index (χ1v) is 9.39. The number of nitrogens with zero attached hydrogens (tertiary/aromatic N) is 2. The second-order valence-corrected chi connectivity index (χ2v) is 7.24. The number of nitriles is 1. The van der Waals surface area contributed by atoms with Crippen LogP contribution in [0.2, 0.25) is 0 Å². The van der Waals surface area contributed by atoms with Gasteiger partial charge in [-0.25, -0.2) is 0 Å². The van der Waals surface area contributed by atoms with Crippen LogP contribution in [0.25, 0.3) is 0 Å². The number of piperidine rings is 1. The van der Waals surface area contributed by atoms with Crippen LogP contribution in [0.1, 0.15) is 35.1 Å². The molecule has 148 valence electrons. The van der Waals surface area contributed by atoms with Gasteiger partial charge in [0, 0.05) is 13.2 Å². The van der Waals surface area contributed by atoms with Crippen LogP contribution < -0.4 is 0 Å². The van der Waals surface area contributed by atoms with Crippen molar-refractivity contribution in [2.45, 2.75) is 32.2 Å². The number of rotatable bonds is 6. The van der Waals surface area contributed by atoms with Gasteiger partial charge in [-0.15, -0.1) is 0 Å². The molecule has 0 atom stereocenters. The highest BCUT2D eigenvalue weighted by molar-refractivity contribution is 5.31. The third kappa shape index (κ3) is 5.82. The quantitative estimate of drug-likeness (QED) is 0.698. The van der Waals surface area contributed by atoms with E-state index in [1.54, 1.807) is 18.2 Å². The third-order valence-corrected chi connectivity index (χ3v) is 5.07. The monoisotopic (exact) mass is 388 g/mol. The summed E-state index contributed by atoms with van der Waals surface area (Å²) in [7, 11) is 0. The molecule has 28 heavy (non-hydrogen) atoms. The zero-order chi connectivity index (χ0) is 20.0. The molecule has 1 saturated heterocycles. The van der Waals surface area contributed by atoms with Crippen LogP contribution in [0.3, 0.4) is 0 Å². The molecular weight excluding hydrogens is 365 g/mol. The van der Waals surface area contributed by atoms with E-state index in [1.807, 2.05) is 12.1 Å². The lowest BCUT2D eigenvalue weighted by molar-refractivity contribution is -0.137. The van der Waals surface area contributed by atoms with Gasteiger partial charge >= 0.3 is 6.18 Å². The van der Waals surface area contributed by atoms with Crippen LogP contribution in [0, 0.1) is 17.2 Å². The smallest absolute Gasteiger partial charge is 0.376 e. The molecule has 0 amide bonds. The standard InChI is InChI=1S/C22H23F3N2O/c23-22(24,25)21-3-1-2-20(12-21)14-27-10-8-19(9-11-27)16-28-15-18-6-4-17(13-26)5-7-18/h1-7,12,19H,8-11,14-16H2. The number of ether oxygens (including phenoxy) is 1. The number of alkyl halides is 3. The summed E-state index contributed by atoms with van der Waals surface area (Å²) in [5, 5.41) is 8.80. The molecule has 3 nitrogen and oxygen atoms in total. The fourth-order valence-electron chi connectivity index (χ4n) is 3.43. The van der Waals surface area contributed by atoms with Crippen LogP contribution >= 0.6 is 0 Å². The van der Waals surface area contributed by atoms with Crippen LogP contribution in [-0.4, -0.2) is 24.6 Å². The molecule has 0 aromatic heterocycles. The van der Waals surface area contributed by atoms with E-state index in [0.717, 1.165) is 37.6 Å². The first-order valence-electron chi connectivity index (χ1n) is 9.39. The molecule has 0 spiro atoms. The Morgan fingerprint density at radius 2 is 1.75 bits per heavy atom. The summed E-state index contributed by atoms with van der Waals surface area (Å²) in [4.78, 5) is 2.20. The highest BCUT2D eigenvalue weighted by Crippen LogP contribution is 2.30. The summed E-state index contributed by atoms with van der Waals surface area (Å²) >= 11 is 0. The van der Waals surface area contributed by atoms with E-state index in [4.69, 9.17) is 10.00 Å². The Bertz CT molecular complexity index is 804. The van der Waals surface area contributed by atoms with Crippen molar-refractivity contribution >= 4 is 0 Å². The predicted molar refractivity (Wildman–Crippen MR) is 100 cm³/mol. The summed E-state index contributed by atoms with van der Waals surface area (Å²) in [5.41, 5.74) is 1.79. The summed E-state index contributed by atoms with van der Waals surface area (Å²) in [6.07, 6.45) is -2.34. The molecular formula is C22H23F3N2O. The zero-order valence-corrected chi connectivity index (χ0v) is 15.6. The number of benzene rings is 2. The van der Waals surface area contributed by atoms with Crippen molar-refractivity contribution in [2.24, 2.45) is 5.92 Å². The largest absolute Gasteiger partial charge is 0.416 e. The SMILES string of the molecule is N#Cc1ccc(COCC2CCN(Cc3cccc(C(F)(F)F)c3)CC2)cc1. The average Bonchev–Trinajstić information content (AvgIpc) is 2.69. The van der Waals surface area contributed by atoms with Gasteiger partial charge < -0.3 is 4.74 Å². The van der Waals surface area contributed by atoms with Crippen molar-refractivity contribution < 1.29 is 17.9 Å². The Balaban J connectivity index is 1.40. The minimum Gasteiger partial charge on any atom is -0.376 e. The van der Waals surface area contributed by atoms with E-state index in [0.29, 0.717) is 36.8 Å². The molecule has 0 bridgehead atoms. The van der Waals surface area contributed by atoms with E-state index in [1.165, 1.54) is 12.1 Å². The highest BCUT2D eigenvalue weighted by atomic mass is 19.4. The number of hydrogen-bond acceptors (Lipinski definition) is 3. The Labute approximate surface area is 163 Å². The van der Waals surface area contributed by atoms with Crippen molar-refractivity contribution in [1.29, 1.82) is 5.26 Å². The minimum atomic E-state index is -4.30. The van der Waals surface area contributed by atoms with Gasteiger partial charge in [-0.05, 0) is 61.2 Å². The number of hydrogen-bond donors (Lipinski definition) is 0. The van der Waals surface area contributed by atoms with E-state index >= 15 is 0 Å². The third-order valence-electron chi connectivity index (χ3n) is 5.07. The maximum atomic E-state index is 12.8. The fraction of sp³-hybridized carbons (Fsp3) is 0.409. The van der Waals surface area contributed by atoms with Gasteiger partial charge in [0.1, 0.15) is 0 Å². The molecule has 0 aliphatic carbocycles. The molecule has 0 saturated carbocycles. The van der Waals surface area contributed by atoms with Crippen LogP contribution in [-0.2, 0) is 24.1 Å². The predicted octanol–water partition coefficient (Wildman–Crippen LogP) is 5.01. The Kier molecular flexibility index (Phi) is 6.71.